The van der Waals surface area contributed by atoms with Gasteiger partial charge in [0.15, 0.2) is 0 Å². The van der Waals surface area contributed by atoms with Gasteiger partial charge in [0.25, 0.3) is 0 Å². The van der Waals surface area contributed by atoms with Gasteiger partial charge in [-0.15, -0.1) is 0 Å². The average Bonchev–Trinajstić information content (AvgIpc) is 3.25. The molecule has 0 spiro atoms. The minimum atomic E-state index is -0.297. The van der Waals surface area contributed by atoms with E-state index in [1.807, 2.05) is 0 Å². The molecule has 1 aromatic carbocycles. The molecule has 0 atom stereocenters. The maximum atomic E-state index is 12.3. The number of ether oxygens (including phenoxy) is 1. The highest BCUT2D eigenvalue weighted by Crippen LogP contribution is 2.24. The van der Waals surface area contributed by atoms with Gasteiger partial charge in [-0.1, -0.05) is 30.9 Å². The highest BCUT2D eigenvalue weighted by molar-refractivity contribution is 6.30. The molecule has 1 saturated heterocycles. The van der Waals surface area contributed by atoms with E-state index in [1.54, 1.807) is 29.3 Å². The number of amides is 1. The van der Waals surface area contributed by atoms with Gasteiger partial charge < -0.3 is 9.64 Å². The fraction of sp³-hybridized carbons (Fsp3) is 0.524. The van der Waals surface area contributed by atoms with Crippen molar-refractivity contribution in [3.8, 4) is 6.07 Å². The van der Waals surface area contributed by atoms with Crippen molar-refractivity contribution in [2.24, 2.45) is 5.92 Å². The third-order valence-electron chi connectivity index (χ3n) is 5.33. The Morgan fingerprint density at radius 2 is 2.10 bits per heavy atom. The Morgan fingerprint density at radius 1 is 1.28 bits per heavy atom. The van der Waals surface area contributed by atoms with Crippen LogP contribution >= 0.6 is 11.6 Å². The first-order chi connectivity index (χ1) is 14.1. The second kappa shape index (κ2) is 10.8. The van der Waals surface area contributed by atoms with Crippen LogP contribution in [-0.4, -0.2) is 39.5 Å². The smallest absolute Gasteiger partial charge is 0.410 e. The Kier molecular flexibility index (Phi) is 7.88. The average molecular weight is 416 g/mol. The molecular formula is C21H26ClN5O2. The first-order valence-corrected chi connectivity index (χ1v) is 10.5. The minimum Gasteiger partial charge on any atom is -0.445 e. The summed E-state index contributed by atoms with van der Waals surface area (Å²) in [6.07, 6.45) is 9.25. The maximum absolute atomic E-state index is 12.3. The van der Waals surface area contributed by atoms with Crippen LogP contribution in [0.1, 0.15) is 55.3 Å². The van der Waals surface area contributed by atoms with E-state index in [0.717, 1.165) is 50.0 Å². The van der Waals surface area contributed by atoms with Crippen LogP contribution in [0.4, 0.5) is 4.79 Å². The second-order valence-electron chi connectivity index (χ2n) is 7.51. The number of nitrogens with one attached hydrogen (secondary N) is 1. The Morgan fingerprint density at radius 3 is 2.83 bits per heavy atom. The number of hydrogen-bond acceptors (Lipinski definition) is 5. The van der Waals surface area contributed by atoms with Crippen molar-refractivity contribution in [2.75, 3.05) is 13.1 Å². The van der Waals surface area contributed by atoms with E-state index in [2.05, 4.69) is 21.5 Å². The molecule has 3 rings (SSSR count). The summed E-state index contributed by atoms with van der Waals surface area (Å²) in [5, 5.41) is 20.0. The fourth-order valence-electron chi connectivity index (χ4n) is 3.70. The summed E-state index contributed by atoms with van der Waals surface area (Å²) in [7, 11) is 0. The van der Waals surface area contributed by atoms with Crippen LogP contribution in [0.25, 0.3) is 0 Å². The van der Waals surface area contributed by atoms with Crippen molar-refractivity contribution in [1.29, 1.82) is 5.26 Å². The zero-order valence-corrected chi connectivity index (χ0v) is 17.2. The number of aromatic nitrogens is 3. The number of aromatic amines is 1. The molecule has 0 bridgehead atoms. The quantitative estimate of drug-likeness (QED) is 0.641. The van der Waals surface area contributed by atoms with Crippen molar-refractivity contribution in [2.45, 2.75) is 51.6 Å². The van der Waals surface area contributed by atoms with Gasteiger partial charge in [0.2, 0.25) is 0 Å². The summed E-state index contributed by atoms with van der Waals surface area (Å²) in [5.41, 5.74) is 2.21. The van der Waals surface area contributed by atoms with Crippen LogP contribution in [0.3, 0.4) is 0 Å². The highest BCUT2D eigenvalue weighted by atomic mass is 35.5. The predicted molar refractivity (Wildman–Crippen MR) is 109 cm³/mol. The van der Waals surface area contributed by atoms with Gasteiger partial charge in [0.05, 0.1) is 23.5 Å². The Balaban J connectivity index is 1.31. The van der Waals surface area contributed by atoms with E-state index in [0.29, 0.717) is 16.5 Å². The largest absolute Gasteiger partial charge is 0.445 e. The molecule has 1 N–H and O–H groups in total. The molecule has 7 nitrogen and oxygen atoms in total. The number of nitriles is 1. The first-order valence-electron chi connectivity index (χ1n) is 10.1. The van der Waals surface area contributed by atoms with Gasteiger partial charge in [0, 0.05) is 18.1 Å². The number of unbranched alkanes of at least 4 members (excludes halogenated alkanes) is 2. The Labute approximate surface area is 176 Å². The molecule has 1 amide bonds. The molecule has 2 heterocycles. The number of nitrogens with zero attached hydrogens (tertiary/aromatic N) is 4. The SMILES string of the molecule is N#Cc1cc(Cl)cc(COC(=O)N2CCC(CCCCCc3cn[nH]n3)CC2)c1. The van der Waals surface area contributed by atoms with Gasteiger partial charge in [-0.05, 0) is 55.4 Å². The van der Waals surface area contributed by atoms with Crippen LogP contribution in [-0.2, 0) is 17.8 Å². The molecule has 2 aromatic rings. The van der Waals surface area contributed by atoms with Gasteiger partial charge in [-0.25, -0.2) is 4.79 Å². The molecule has 1 aromatic heterocycles. The number of halogens is 1. The minimum absolute atomic E-state index is 0.125. The molecule has 1 aliphatic heterocycles. The molecule has 1 fully saturated rings. The van der Waals surface area contributed by atoms with Crippen LogP contribution < -0.4 is 0 Å². The zero-order valence-electron chi connectivity index (χ0n) is 16.4. The number of H-pyrrole nitrogens is 1. The number of rotatable bonds is 8. The van der Waals surface area contributed by atoms with Gasteiger partial charge in [-0.2, -0.15) is 20.7 Å². The molecule has 8 heteroatoms. The van der Waals surface area contributed by atoms with E-state index in [-0.39, 0.29) is 12.7 Å². The lowest BCUT2D eigenvalue weighted by Gasteiger charge is -2.31. The lowest BCUT2D eigenvalue weighted by atomic mass is 9.91. The number of likely N-dealkylation sites (tertiary alicyclic amines) is 1. The van der Waals surface area contributed by atoms with E-state index in [4.69, 9.17) is 21.6 Å². The van der Waals surface area contributed by atoms with Crippen LogP contribution in [0.2, 0.25) is 5.02 Å². The summed E-state index contributed by atoms with van der Waals surface area (Å²) in [6, 6.07) is 7.04. The molecule has 154 valence electrons. The lowest BCUT2D eigenvalue weighted by molar-refractivity contribution is 0.0813. The van der Waals surface area contributed by atoms with Gasteiger partial charge >= 0.3 is 6.09 Å². The van der Waals surface area contributed by atoms with Crippen LogP contribution in [0.5, 0.6) is 0 Å². The van der Waals surface area contributed by atoms with Gasteiger partial charge in [0.1, 0.15) is 6.61 Å². The number of carbonyl (C=O) groups excluding carboxylic acids is 1. The normalized spacial score (nSPS) is 14.6. The summed E-state index contributed by atoms with van der Waals surface area (Å²) < 4.78 is 5.41. The number of hydrogen-bond donors (Lipinski definition) is 1. The summed E-state index contributed by atoms with van der Waals surface area (Å²) in [4.78, 5) is 14.1. The van der Waals surface area contributed by atoms with Crippen molar-refractivity contribution >= 4 is 17.7 Å². The standard InChI is InChI=1S/C21H26ClN5O2/c22-19-11-17(13-23)10-18(12-19)15-29-21(28)27-8-6-16(7-9-27)4-2-1-3-5-20-14-24-26-25-20/h10-12,14,16H,1-9,15H2,(H,24,25,26). The topological polar surface area (TPSA) is 94.9 Å². The molecular weight excluding hydrogens is 390 g/mol. The Bertz CT molecular complexity index is 826. The molecule has 0 unspecified atom stereocenters. The number of benzene rings is 1. The second-order valence-corrected chi connectivity index (χ2v) is 7.94. The molecule has 1 aliphatic rings. The van der Waals surface area contributed by atoms with Gasteiger partial charge in [-0.3, -0.25) is 0 Å². The Hall–Kier alpha value is -2.59. The first kappa shape index (κ1) is 21.1. The molecule has 0 radical (unpaired) electrons. The summed E-state index contributed by atoms with van der Waals surface area (Å²) >= 11 is 5.99. The van der Waals surface area contributed by atoms with Crippen molar-refractivity contribution < 1.29 is 9.53 Å². The lowest BCUT2D eigenvalue weighted by Crippen LogP contribution is -2.38. The van der Waals surface area contributed by atoms with Crippen molar-refractivity contribution in [1.82, 2.24) is 20.3 Å². The summed E-state index contributed by atoms with van der Waals surface area (Å²) in [5.74, 6) is 0.678. The third kappa shape index (κ3) is 6.75. The van der Waals surface area contributed by atoms with Crippen molar-refractivity contribution in [3.63, 3.8) is 0 Å². The van der Waals surface area contributed by atoms with E-state index >= 15 is 0 Å². The zero-order chi connectivity index (χ0) is 20.5. The van der Waals surface area contributed by atoms with Crippen molar-refractivity contribution in [3.05, 3.63) is 46.2 Å². The molecule has 0 saturated carbocycles. The van der Waals surface area contributed by atoms with E-state index < -0.39 is 0 Å². The summed E-state index contributed by atoms with van der Waals surface area (Å²) in [6.45, 7) is 1.60. The third-order valence-corrected chi connectivity index (χ3v) is 5.55. The fourth-order valence-corrected chi connectivity index (χ4v) is 3.96. The van der Waals surface area contributed by atoms with Crippen LogP contribution in [0, 0.1) is 17.2 Å². The molecule has 29 heavy (non-hydrogen) atoms. The molecule has 0 aliphatic carbocycles. The monoisotopic (exact) mass is 415 g/mol. The predicted octanol–water partition coefficient (Wildman–Crippen LogP) is 4.48. The van der Waals surface area contributed by atoms with E-state index in [9.17, 15) is 4.79 Å². The maximum Gasteiger partial charge on any atom is 0.410 e. The number of aryl methyl sites for hydroxylation is 1. The van der Waals surface area contributed by atoms with E-state index in [1.165, 1.54) is 19.3 Å². The number of carbonyl (C=O) groups is 1. The number of piperidine rings is 1. The highest BCUT2D eigenvalue weighted by Gasteiger charge is 2.23. The van der Waals surface area contributed by atoms with Crippen LogP contribution in [0.15, 0.2) is 24.4 Å².